The molecule has 0 saturated carbocycles. The lowest BCUT2D eigenvalue weighted by Gasteiger charge is -2.31. The standard InChI is InChI=1S/C9H16N2O2/c1-2-8(9(10)13)11-5-3-7(12)4-6-11/h8H,2-6H2,1H3,(H2,10,13). The third-order valence-corrected chi connectivity index (χ3v) is 2.51. The van der Waals surface area contributed by atoms with Gasteiger partial charge in [-0.05, 0) is 6.42 Å². The van der Waals surface area contributed by atoms with Crippen LogP contribution in [0.2, 0.25) is 0 Å². The van der Waals surface area contributed by atoms with Crippen LogP contribution >= 0.6 is 0 Å². The van der Waals surface area contributed by atoms with Gasteiger partial charge in [-0.15, -0.1) is 0 Å². The third kappa shape index (κ3) is 2.52. The summed E-state index contributed by atoms with van der Waals surface area (Å²) in [5.41, 5.74) is 5.25. The van der Waals surface area contributed by atoms with Gasteiger partial charge in [-0.1, -0.05) is 6.92 Å². The first-order valence-electron chi connectivity index (χ1n) is 4.70. The van der Waals surface area contributed by atoms with Crippen molar-refractivity contribution in [3.05, 3.63) is 0 Å². The van der Waals surface area contributed by atoms with Gasteiger partial charge in [0.05, 0.1) is 6.04 Å². The van der Waals surface area contributed by atoms with Gasteiger partial charge < -0.3 is 5.73 Å². The number of nitrogens with two attached hydrogens (primary N) is 1. The molecular weight excluding hydrogens is 168 g/mol. The van der Waals surface area contributed by atoms with Crippen LogP contribution < -0.4 is 5.73 Å². The maximum absolute atomic E-state index is 11.0. The van der Waals surface area contributed by atoms with Gasteiger partial charge in [0.15, 0.2) is 0 Å². The first kappa shape index (κ1) is 10.2. The lowest BCUT2D eigenvalue weighted by Crippen LogP contribution is -2.48. The van der Waals surface area contributed by atoms with Crippen molar-refractivity contribution in [1.29, 1.82) is 0 Å². The van der Waals surface area contributed by atoms with E-state index in [0.717, 1.165) is 6.42 Å². The van der Waals surface area contributed by atoms with Crippen LogP contribution in [0.25, 0.3) is 0 Å². The molecule has 0 radical (unpaired) electrons. The Hall–Kier alpha value is -0.900. The highest BCUT2D eigenvalue weighted by molar-refractivity contribution is 5.82. The SMILES string of the molecule is CCC(C(N)=O)N1CCC(=O)CC1. The summed E-state index contributed by atoms with van der Waals surface area (Å²) in [7, 11) is 0. The second-order valence-electron chi connectivity index (χ2n) is 3.40. The van der Waals surface area contributed by atoms with Crippen LogP contribution in [0.5, 0.6) is 0 Å². The fourth-order valence-electron chi connectivity index (χ4n) is 1.72. The molecule has 0 aromatic carbocycles. The molecule has 0 bridgehead atoms. The number of carbonyl (C=O) groups excluding carboxylic acids is 2. The molecule has 0 spiro atoms. The predicted molar refractivity (Wildman–Crippen MR) is 49.1 cm³/mol. The van der Waals surface area contributed by atoms with Crippen molar-refractivity contribution >= 4 is 11.7 Å². The van der Waals surface area contributed by atoms with Crippen LogP contribution in [0, 0.1) is 0 Å². The maximum Gasteiger partial charge on any atom is 0.234 e. The maximum atomic E-state index is 11.0. The van der Waals surface area contributed by atoms with E-state index in [1.54, 1.807) is 0 Å². The molecule has 4 nitrogen and oxygen atoms in total. The molecular formula is C9H16N2O2. The molecule has 13 heavy (non-hydrogen) atoms. The zero-order chi connectivity index (χ0) is 9.84. The van der Waals surface area contributed by atoms with Crippen LogP contribution in [0.1, 0.15) is 26.2 Å². The van der Waals surface area contributed by atoms with Crippen LogP contribution in [-0.2, 0) is 9.59 Å². The van der Waals surface area contributed by atoms with Gasteiger partial charge in [-0.3, -0.25) is 14.5 Å². The van der Waals surface area contributed by atoms with Crippen molar-refractivity contribution in [2.75, 3.05) is 13.1 Å². The Morgan fingerprint density at radius 1 is 1.54 bits per heavy atom. The van der Waals surface area contributed by atoms with Gasteiger partial charge in [-0.25, -0.2) is 0 Å². The fourth-order valence-corrected chi connectivity index (χ4v) is 1.72. The summed E-state index contributed by atoms with van der Waals surface area (Å²) in [5.74, 6) is 0.00687. The largest absolute Gasteiger partial charge is 0.368 e. The van der Waals surface area contributed by atoms with Gasteiger partial charge in [0.25, 0.3) is 0 Å². The molecule has 0 aromatic rings. The molecule has 0 aromatic heterocycles. The van der Waals surface area contributed by atoms with E-state index in [1.807, 2.05) is 11.8 Å². The number of hydrogen-bond donors (Lipinski definition) is 1. The van der Waals surface area contributed by atoms with E-state index in [9.17, 15) is 9.59 Å². The van der Waals surface area contributed by atoms with E-state index >= 15 is 0 Å². The lowest BCUT2D eigenvalue weighted by atomic mass is 10.1. The van der Waals surface area contributed by atoms with E-state index in [2.05, 4.69) is 0 Å². The van der Waals surface area contributed by atoms with Crippen molar-refractivity contribution in [2.24, 2.45) is 5.73 Å². The Labute approximate surface area is 78.1 Å². The van der Waals surface area contributed by atoms with E-state index in [-0.39, 0.29) is 17.7 Å². The smallest absolute Gasteiger partial charge is 0.234 e. The Balaban J connectivity index is 2.50. The van der Waals surface area contributed by atoms with E-state index in [4.69, 9.17) is 5.73 Å². The highest BCUT2D eigenvalue weighted by Crippen LogP contribution is 2.11. The van der Waals surface area contributed by atoms with Gasteiger partial charge >= 0.3 is 0 Å². The highest BCUT2D eigenvalue weighted by Gasteiger charge is 2.25. The van der Waals surface area contributed by atoms with Crippen molar-refractivity contribution in [2.45, 2.75) is 32.2 Å². The summed E-state index contributed by atoms with van der Waals surface area (Å²) in [6, 6.07) is -0.187. The molecule has 2 N–H and O–H groups in total. The Bertz CT molecular complexity index is 206. The Kier molecular flexibility index (Phi) is 3.42. The summed E-state index contributed by atoms with van der Waals surface area (Å²) in [6.45, 7) is 3.30. The molecule has 1 unspecified atom stereocenters. The second kappa shape index (κ2) is 4.37. The Morgan fingerprint density at radius 2 is 2.08 bits per heavy atom. The molecule has 1 atom stereocenters. The molecule has 0 aliphatic carbocycles. The summed E-state index contributed by atoms with van der Waals surface area (Å²) in [4.78, 5) is 24.0. The number of nitrogens with zero attached hydrogens (tertiary/aromatic N) is 1. The predicted octanol–water partition coefficient (Wildman–Crippen LogP) is -0.0848. The zero-order valence-corrected chi connectivity index (χ0v) is 7.95. The fraction of sp³-hybridized carbons (Fsp3) is 0.778. The number of carbonyl (C=O) groups is 2. The first-order chi connectivity index (χ1) is 6.15. The second-order valence-corrected chi connectivity index (χ2v) is 3.40. The average molecular weight is 184 g/mol. The quantitative estimate of drug-likeness (QED) is 0.667. The number of likely N-dealkylation sites (tertiary alicyclic amines) is 1. The summed E-state index contributed by atoms with van der Waals surface area (Å²) < 4.78 is 0. The minimum Gasteiger partial charge on any atom is -0.368 e. The van der Waals surface area contributed by atoms with Crippen molar-refractivity contribution in [3.8, 4) is 0 Å². The third-order valence-electron chi connectivity index (χ3n) is 2.51. The highest BCUT2D eigenvalue weighted by atomic mass is 16.1. The van der Waals surface area contributed by atoms with Crippen molar-refractivity contribution in [1.82, 2.24) is 4.90 Å². The lowest BCUT2D eigenvalue weighted by molar-refractivity contribution is -0.128. The molecule has 1 amide bonds. The normalized spacial score (nSPS) is 21.5. The summed E-state index contributed by atoms with van der Waals surface area (Å²) >= 11 is 0. The summed E-state index contributed by atoms with van der Waals surface area (Å²) in [5, 5.41) is 0. The van der Waals surface area contributed by atoms with Crippen molar-refractivity contribution in [3.63, 3.8) is 0 Å². The Morgan fingerprint density at radius 3 is 2.46 bits per heavy atom. The zero-order valence-electron chi connectivity index (χ0n) is 7.95. The minimum absolute atomic E-state index is 0.187. The van der Waals surface area contributed by atoms with Crippen LogP contribution in [-0.4, -0.2) is 35.7 Å². The summed E-state index contributed by atoms with van der Waals surface area (Å²) in [6.07, 6.45) is 1.84. The number of piperidine rings is 1. The number of amides is 1. The first-order valence-corrected chi connectivity index (χ1v) is 4.70. The van der Waals surface area contributed by atoms with Gasteiger partial charge in [0.1, 0.15) is 5.78 Å². The van der Waals surface area contributed by atoms with Gasteiger partial charge in [0, 0.05) is 25.9 Å². The van der Waals surface area contributed by atoms with Gasteiger partial charge in [-0.2, -0.15) is 0 Å². The monoisotopic (exact) mass is 184 g/mol. The van der Waals surface area contributed by atoms with Crippen LogP contribution in [0.15, 0.2) is 0 Å². The molecule has 1 aliphatic heterocycles. The molecule has 1 fully saturated rings. The molecule has 1 aliphatic rings. The number of ketones is 1. The van der Waals surface area contributed by atoms with Crippen molar-refractivity contribution < 1.29 is 9.59 Å². The van der Waals surface area contributed by atoms with E-state index < -0.39 is 0 Å². The molecule has 4 heteroatoms. The molecule has 74 valence electrons. The van der Waals surface area contributed by atoms with E-state index in [1.165, 1.54) is 0 Å². The molecule has 1 saturated heterocycles. The number of rotatable bonds is 3. The molecule has 1 heterocycles. The van der Waals surface area contributed by atoms with Gasteiger partial charge in [0.2, 0.25) is 5.91 Å². The number of Topliss-reactive ketones (excluding diaryl/α,β-unsaturated/α-hetero) is 1. The molecule has 1 rings (SSSR count). The van der Waals surface area contributed by atoms with Crippen LogP contribution in [0.4, 0.5) is 0 Å². The van der Waals surface area contributed by atoms with E-state index in [0.29, 0.717) is 25.9 Å². The number of hydrogen-bond acceptors (Lipinski definition) is 3. The topological polar surface area (TPSA) is 63.4 Å². The minimum atomic E-state index is -0.281. The average Bonchev–Trinajstić information content (AvgIpc) is 2.09. The number of primary amides is 1. The van der Waals surface area contributed by atoms with Crippen LogP contribution in [0.3, 0.4) is 0 Å².